The number of rotatable bonds is 3. The van der Waals surface area contributed by atoms with E-state index >= 15 is 0 Å². The summed E-state index contributed by atoms with van der Waals surface area (Å²) in [5.74, 6) is 0.149. The third-order valence-electron chi connectivity index (χ3n) is 3.81. The van der Waals surface area contributed by atoms with Crippen LogP contribution >= 0.6 is 0 Å². The van der Waals surface area contributed by atoms with Crippen LogP contribution in [0.3, 0.4) is 0 Å². The summed E-state index contributed by atoms with van der Waals surface area (Å²) in [6.07, 6.45) is -0.0973. The SMILES string of the molecule is CN1CCN(C(=O)Cc2ccc(NC(=O)OC(C)(C)C)cc2)CC1. The van der Waals surface area contributed by atoms with E-state index in [2.05, 4.69) is 17.3 Å². The Balaban J connectivity index is 1.85. The summed E-state index contributed by atoms with van der Waals surface area (Å²) in [6, 6.07) is 7.30. The molecule has 132 valence electrons. The largest absolute Gasteiger partial charge is 0.444 e. The Bertz CT molecular complexity index is 570. The fourth-order valence-corrected chi connectivity index (χ4v) is 2.47. The number of ether oxygens (including phenoxy) is 1. The maximum absolute atomic E-state index is 12.3. The van der Waals surface area contributed by atoms with Gasteiger partial charge in [-0.05, 0) is 45.5 Å². The standard InChI is InChI=1S/C18H27N3O3/c1-18(2,3)24-17(23)19-15-7-5-14(6-8-15)13-16(22)21-11-9-20(4)10-12-21/h5-8H,9-13H2,1-4H3,(H,19,23). The highest BCUT2D eigenvalue weighted by Crippen LogP contribution is 2.14. The first kappa shape index (κ1) is 18.3. The van der Waals surface area contributed by atoms with Crippen molar-refractivity contribution in [3.05, 3.63) is 29.8 Å². The minimum absolute atomic E-state index is 0.149. The predicted molar refractivity (Wildman–Crippen MR) is 94.1 cm³/mol. The van der Waals surface area contributed by atoms with E-state index < -0.39 is 11.7 Å². The molecule has 1 aliphatic heterocycles. The molecule has 6 nitrogen and oxygen atoms in total. The average Bonchev–Trinajstić information content (AvgIpc) is 2.48. The first-order valence-electron chi connectivity index (χ1n) is 8.28. The van der Waals surface area contributed by atoms with E-state index in [0.717, 1.165) is 31.7 Å². The number of carbonyl (C=O) groups is 2. The Morgan fingerprint density at radius 2 is 1.67 bits per heavy atom. The second-order valence-electron chi connectivity index (χ2n) is 7.18. The molecule has 1 N–H and O–H groups in total. The topological polar surface area (TPSA) is 61.9 Å². The second-order valence-corrected chi connectivity index (χ2v) is 7.18. The number of nitrogens with one attached hydrogen (secondary N) is 1. The van der Waals surface area contributed by atoms with Crippen LogP contribution in [0, 0.1) is 0 Å². The van der Waals surface area contributed by atoms with Gasteiger partial charge in [-0.1, -0.05) is 12.1 Å². The molecule has 0 unspecified atom stereocenters. The lowest BCUT2D eigenvalue weighted by Gasteiger charge is -2.32. The number of hydrogen-bond acceptors (Lipinski definition) is 4. The van der Waals surface area contributed by atoms with E-state index in [1.807, 2.05) is 37.8 Å². The number of nitrogens with zero attached hydrogens (tertiary/aromatic N) is 2. The normalized spacial score (nSPS) is 15.9. The summed E-state index contributed by atoms with van der Waals surface area (Å²) in [5.41, 5.74) is 1.06. The number of likely N-dealkylation sites (N-methyl/N-ethyl adjacent to an activating group) is 1. The van der Waals surface area contributed by atoms with E-state index in [1.54, 1.807) is 12.1 Å². The smallest absolute Gasteiger partial charge is 0.412 e. The second kappa shape index (κ2) is 7.66. The maximum Gasteiger partial charge on any atom is 0.412 e. The molecule has 6 heteroatoms. The minimum atomic E-state index is -0.529. The number of benzene rings is 1. The van der Waals surface area contributed by atoms with Crippen LogP contribution in [-0.2, 0) is 16.0 Å². The van der Waals surface area contributed by atoms with Crippen molar-refractivity contribution < 1.29 is 14.3 Å². The molecule has 1 aromatic carbocycles. The molecule has 1 fully saturated rings. The lowest BCUT2D eigenvalue weighted by atomic mass is 10.1. The van der Waals surface area contributed by atoms with Crippen molar-refractivity contribution in [2.45, 2.75) is 32.8 Å². The van der Waals surface area contributed by atoms with Crippen LogP contribution in [0.25, 0.3) is 0 Å². The van der Waals surface area contributed by atoms with Gasteiger partial charge in [-0.2, -0.15) is 0 Å². The number of piperazine rings is 1. The molecule has 1 heterocycles. The molecule has 0 saturated carbocycles. The van der Waals surface area contributed by atoms with Crippen LogP contribution in [0.15, 0.2) is 24.3 Å². The predicted octanol–water partition coefficient (Wildman–Crippen LogP) is 2.35. The van der Waals surface area contributed by atoms with Gasteiger partial charge in [-0.25, -0.2) is 4.79 Å². The molecule has 2 rings (SSSR count). The molecule has 0 atom stereocenters. The van der Waals surface area contributed by atoms with Gasteiger partial charge in [-0.3, -0.25) is 10.1 Å². The Morgan fingerprint density at radius 1 is 1.08 bits per heavy atom. The molecule has 24 heavy (non-hydrogen) atoms. The zero-order valence-corrected chi connectivity index (χ0v) is 15.0. The summed E-state index contributed by atoms with van der Waals surface area (Å²) >= 11 is 0. The zero-order chi connectivity index (χ0) is 17.7. The van der Waals surface area contributed by atoms with Gasteiger partial charge < -0.3 is 14.5 Å². The minimum Gasteiger partial charge on any atom is -0.444 e. The first-order valence-corrected chi connectivity index (χ1v) is 8.28. The van der Waals surface area contributed by atoms with Gasteiger partial charge in [0.25, 0.3) is 0 Å². The summed E-state index contributed by atoms with van der Waals surface area (Å²) in [7, 11) is 2.07. The van der Waals surface area contributed by atoms with Crippen LogP contribution in [0.5, 0.6) is 0 Å². The Kier molecular flexibility index (Phi) is 5.83. The van der Waals surface area contributed by atoms with E-state index in [0.29, 0.717) is 12.1 Å². The van der Waals surface area contributed by atoms with Gasteiger partial charge in [0.15, 0.2) is 0 Å². The van der Waals surface area contributed by atoms with Crippen molar-refractivity contribution in [1.82, 2.24) is 9.80 Å². The lowest BCUT2D eigenvalue weighted by Crippen LogP contribution is -2.47. The molecule has 0 aromatic heterocycles. The molecular formula is C18H27N3O3. The monoisotopic (exact) mass is 333 g/mol. The van der Waals surface area contributed by atoms with E-state index in [9.17, 15) is 9.59 Å². The molecule has 0 bridgehead atoms. The number of hydrogen-bond donors (Lipinski definition) is 1. The van der Waals surface area contributed by atoms with E-state index in [-0.39, 0.29) is 5.91 Å². The molecular weight excluding hydrogens is 306 g/mol. The first-order chi connectivity index (χ1) is 11.2. The van der Waals surface area contributed by atoms with Gasteiger partial charge >= 0.3 is 6.09 Å². The molecule has 2 amide bonds. The zero-order valence-electron chi connectivity index (χ0n) is 15.0. The van der Waals surface area contributed by atoms with Crippen molar-refractivity contribution in [3.63, 3.8) is 0 Å². The fourth-order valence-electron chi connectivity index (χ4n) is 2.47. The number of carbonyl (C=O) groups excluding carboxylic acids is 2. The molecule has 0 radical (unpaired) electrons. The van der Waals surface area contributed by atoms with Crippen LogP contribution in [0.1, 0.15) is 26.3 Å². The highest BCUT2D eigenvalue weighted by molar-refractivity contribution is 5.85. The third-order valence-corrected chi connectivity index (χ3v) is 3.81. The van der Waals surface area contributed by atoms with Crippen LogP contribution < -0.4 is 5.32 Å². The van der Waals surface area contributed by atoms with Gasteiger partial charge in [-0.15, -0.1) is 0 Å². The summed E-state index contributed by atoms with van der Waals surface area (Å²) in [4.78, 5) is 28.2. The van der Waals surface area contributed by atoms with Crippen molar-refractivity contribution in [2.24, 2.45) is 0 Å². The van der Waals surface area contributed by atoms with Crippen molar-refractivity contribution in [2.75, 3.05) is 38.5 Å². The van der Waals surface area contributed by atoms with Gasteiger partial charge in [0.2, 0.25) is 5.91 Å². The number of amides is 2. The lowest BCUT2D eigenvalue weighted by molar-refractivity contribution is -0.132. The van der Waals surface area contributed by atoms with Crippen LogP contribution in [0.4, 0.5) is 10.5 Å². The van der Waals surface area contributed by atoms with Crippen molar-refractivity contribution in [1.29, 1.82) is 0 Å². The summed E-state index contributed by atoms with van der Waals surface area (Å²) < 4.78 is 5.21. The molecule has 0 spiro atoms. The Hall–Kier alpha value is -2.08. The van der Waals surface area contributed by atoms with Gasteiger partial charge in [0.05, 0.1) is 6.42 Å². The quantitative estimate of drug-likeness (QED) is 0.922. The summed E-state index contributed by atoms with van der Waals surface area (Å²) in [6.45, 7) is 8.87. The highest BCUT2D eigenvalue weighted by Gasteiger charge is 2.19. The van der Waals surface area contributed by atoms with Crippen LogP contribution in [0.2, 0.25) is 0 Å². The molecule has 1 saturated heterocycles. The summed E-state index contributed by atoms with van der Waals surface area (Å²) in [5, 5.41) is 2.69. The Morgan fingerprint density at radius 3 is 2.21 bits per heavy atom. The highest BCUT2D eigenvalue weighted by atomic mass is 16.6. The van der Waals surface area contributed by atoms with Crippen LogP contribution in [-0.4, -0.2) is 60.6 Å². The Labute approximate surface area is 143 Å². The molecule has 1 aliphatic rings. The van der Waals surface area contributed by atoms with E-state index in [1.165, 1.54) is 0 Å². The van der Waals surface area contributed by atoms with Crippen molar-refractivity contribution >= 4 is 17.7 Å². The van der Waals surface area contributed by atoms with Gasteiger partial charge in [0.1, 0.15) is 5.60 Å². The number of anilines is 1. The molecule has 1 aromatic rings. The molecule has 0 aliphatic carbocycles. The third kappa shape index (κ3) is 5.85. The maximum atomic E-state index is 12.3. The van der Waals surface area contributed by atoms with Gasteiger partial charge in [0, 0.05) is 31.9 Å². The fraction of sp³-hybridized carbons (Fsp3) is 0.556. The average molecular weight is 333 g/mol. The van der Waals surface area contributed by atoms with E-state index in [4.69, 9.17) is 4.74 Å². The van der Waals surface area contributed by atoms with Crippen molar-refractivity contribution in [3.8, 4) is 0 Å².